The number of hydrogen-bond donors (Lipinski definition) is 1. The molecule has 1 aliphatic rings. The summed E-state index contributed by atoms with van der Waals surface area (Å²) in [5.41, 5.74) is 2.61. The lowest BCUT2D eigenvalue weighted by molar-refractivity contribution is 0.152. The zero-order valence-corrected chi connectivity index (χ0v) is 12.7. The van der Waals surface area contributed by atoms with Gasteiger partial charge in [-0.2, -0.15) is 0 Å². The molecule has 1 aliphatic heterocycles. The van der Waals surface area contributed by atoms with E-state index in [-0.39, 0.29) is 0 Å². The molecule has 106 valence electrons. The fraction of sp³-hybridized carbons (Fsp3) is 0.438. The molecule has 3 nitrogen and oxygen atoms in total. The summed E-state index contributed by atoms with van der Waals surface area (Å²) in [6.45, 7) is 6.29. The van der Waals surface area contributed by atoms with Gasteiger partial charge < -0.3 is 5.32 Å². The molecule has 1 fully saturated rings. The Morgan fingerprint density at radius 2 is 2.20 bits per heavy atom. The van der Waals surface area contributed by atoms with Gasteiger partial charge in [0.25, 0.3) is 0 Å². The number of thiazole rings is 1. The van der Waals surface area contributed by atoms with E-state index in [1.165, 1.54) is 16.3 Å². The molecule has 1 aromatic carbocycles. The number of aryl methyl sites for hydroxylation is 1. The maximum Gasteiger partial charge on any atom is 0.0926 e. The lowest BCUT2D eigenvalue weighted by Crippen LogP contribution is -2.45. The zero-order chi connectivity index (χ0) is 13.8. The number of benzene rings is 1. The SMILES string of the molecule is CCc1nc(CN2CCNCC2c2ccccc2)cs1. The van der Waals surface area contributed by atoms with Crippen LogP contribution in [0, 0.1) is 0 Å². The molecule has 0 aliphatic carbocycles. The van der Waals surface area contributed by atoms with Gasteiger partial charge in [-0.3, -0.25) is 4.90 Å². The van der Waals surface area contributed by atoms with Crippen molar-refractivity contribution in [3.63, 3.8) is 0 Å². The van der Waals surface area contributed by atoms with Crippen LogP contribution in [0.25, 0.3) is 0 Å². The van der Waals surface area contributed by atoms with Crippen LogP contribution in [0.5, 0.6) is 0 Å². The summed E-state index contributed by atoms with van der Waals surface area (Å²) in [6, 6.07) is 11.2. The predicted molar refractivity (Wildman–Crippen MR) is 84.0 cm³/mol. The highest BCUT2D eigenvalue weighted by Gasteiger charge is 2.24. The minimum atomic E-state index is 0.455. The number of rotatable bonds is 4. The van der Waals surface area contributed by atoms with E-state index < -0.39 is 0 Å². The maximum absolute atomic E-state index is 4.71. The Labute approximate surface area is 124 Å². The Morgan fingerprint density at radius 1 is 1.35 bits per heavy atom. The van der Waals surface area contributed by atoms with Gasteiger partial charge in [0, 0.05) is 37.6 Å². The second-order valence-electron chi connectivity index (χ2n) is 5.19. The zero-order valence-electron chi connectivity index (χ0n) is 11.9. The van der Waals surface area contributed by atoms with Crippen molar-refractivity contribution in [2.45, 2.75) is 25.9 Å². The van der Waals surface area contributed by atoms with Crippen molar-refractivity contribution in [1.29, 1.82) is 0 Å². The van der Waals surface area contributed by atoms with E-state index in [1.54, 1.807) is 11.3 Å². The number of hydrogen-bond acceptors (Lipinski definition) is 4. The highest BCUT2D eigenvalue weighted by atomic mass is 32.1. The smallest absolute Gasteiger partial charge is 0.0926 e. The Kier molecular flexibility index (Phi) is 4.45. The van der Waals surface area contributed by atoms with Crippen LogP contribution in [-0.4, -0.2) is 29.5 Å². The molecule has 2 aromatic rings. The van der Waals surface area contributed by atoms with E-state index in [9.17, 15) is 0 Å². The Hall–Kier alpha value is -1.23. The van der Waals surface area contributed by atoms with Crippen LogP contribution < -0.4 is 5.32 Å². The third-order valence-corrected chi connectivity index (χ3v) is 4.85. The molecule has 2 heterocycles. The van der Waals surface area contributed by atoms with Gasteiger partial charge in [0.15, 0.2) is 0 Å². The van der Waals surface area contributed by atoms with Crippen LogP contribution in [0.15, 0.2) is 35.7 Å². The number of aromatic nitrogens is 1. The molecule has 4 heteroatoms. The van der Waals surface area contributed by atoms with Gasteiger partial charge in [0.1, 0.15) is 0 Å². The van der Waals surface area contributed by atoms with Crippen molar-refractivity contribution in [1.82, 2.24) is 15.2 Å². The summed E-state index contributed by atoms with van der Waals surface area (Å²) in [7, 11) is 0. The van der Waals surface area contributed by atoms with Crippen LogP contribution >= 0.6 is 11.3 Å². The van der Waals surface area contributed by atoms with E-state index in [0.29, 0.717) is 6.04 Å². The molecule has 20 heavy (non-hydrogen) atoms. The topological polar surface area (TPSA) is 28.2 Å². The summed E-state index contributed by atoms with van der Waals surface area (Å²) >= 11 is 1.78. The van der Waals surface area contributed by atoms with Crippen molar-refractivity contribution in [2.24, 2.45) is 0 Å². The van der Waals surface area contributed by atoms with Crippen molar-refractivity contribution in [3.8, 4) is 0 Å². The van der Waals surface area contributed by atoms with E-state index in [0.717, 1.165) is 32.6 Å². The number of piperazine rings is 1. The van der Waals surface area contributed by atoms with Crippen LogP contribution in [0.2, 0.25) is 0 Å². The minimum Gasteiger partial charge on any atom is -0.314 e. The average molecular weight is 287 g/mol. The highest BCUT2D eigenvalue weighted by molar-refractivity contribution is 7.09. The van der Waals surface area contributed by atoms with Gasteiger partial charge in [0.2, 0.25) is 0 Å². The quantitative estimate of drug-likeness (QED) is 0.937. The van der Waals surface area contributed by atoms with Crippen molar-refractivity contribution < 1.29 is 0 Å². The molecule has 0 spiro atoms. The summed E-state index contributed by atoms with van der Waals surface area (Å²) in [6.07, 6.45) is 1.04. The molecular formula is C16H21N3S. The summed E-state index contributed by atoms with van der Waals surface area (Å²) in [5.74, 6) is 0. The summed E-state index contributed by atoms with van der Waals surface area (Å²) in [4.78, 5) is 7.25. The predicted octanol–water partition coefficient (Wildman–Crippen LogP) is 2.85. The number of nitrogens with one attached hydrogen (secondary N) is 1. The van der Waals surface area contributed by atoms with Crippen LogP contribution in [0.3, 0.4) is 0 Å². The van der Waals surface area contributed by atoms with Crippen LogP contribution in [0.4, 0.5) is 0 Å². The molecule has 1 unspecified atom stereocenters. The molecule has 0 saturated carbocycles. The van der Waals surface area contributed by atoms with Crippen LogP contribution in [0.1, 0.15) is 29.2 Å². The molecule has 1 N–H and O–H groups in total. The van der Waals surface area contributed by atoms with E-state index in [2.05, 4.69) is 52.9 Å². The minimum absolute atomic E-state index is 0.455. The molecule has 3 rings (SSSR count). The van der Waals surface area contributed by atoms with Gasteiger partial charge in [-0.15, -0.1) is 11.3 Å². The monoisotopic (exact) mass is 287 g/mol. The van der Waals surface area contributed by atoms with Gasteiger partial charge >= 0.3 is 0 Å². The van der Waals surface area contributed by atoms with Gasteiger partial charge in [-0.05, 0) is 12.0 Å². The largest absolute Gasteiger partial charge is 0.314 e. The van der Waals surface area contributed by atoms with E-state index in [1.807, 2.05) is 0 Å². The standard InChI is InChI=1S/C16H21N3S/c1-2-16-18-14(12-20-16)11-19-9-8-17-10-15(19)13-6-4-3-5-7-13/h3-7,12,15,17H,2,8-11H2,1H3. The lowest BCUT2D eigenvalue weighted by Gasteiger charge is -2.36. The summed E-state index contributed by atoms with van der Waals surface area (Å²) < 4.78 is 0. The fourth-order valence-corrected chi connectivity index (χ4v) is 3.47. The molecule has 0 amide bonds. The van der Waals surface area contributed by atoms with Crippen LogP contribution in [-0.2, 0) is 13.0 Å². The second-order valence-corrected chi connectivity index (χ2v) is 6.13. The van der Waals surface area contributed by atoms with E-state index >= 15 is 0 Å². The number of nitrogens with zero attached hydrogens (tertiary/aromatic N) is 2. The molecule has 0 bridgehead atoms. The third-order valence-electron chi connectivity index (χ3n) is 3.81. The molecule has 0 radical (unpaired) electrons. The first-order chi connectivity index (χ1) is 9.86. The first-order valence-corrected chi connectivity index (χ1v) is 8.17. The first kappa shape index (κ1) is 13.7. The normalized spacial score (nSPS) is 20.1. The molecule has 1 aromatic heterocycles. The van der Waals surface area contributed by atoms with E-state index in [4.69, 9.17) is 4.98 Å². The summed E-state index contributed by atoms with van der Waals surface area (Å²) in [5, 5.41) is 6.96. The van der Waals surface area contributed by atoms with Crippen molar-refractivity contribution >= 4 is 11.3 Å². The van der Waals surface area contributed by atoms with Crippen molar-refractivity contribution in [3.05, 3.63) is 52.0 Å². The Morgan fingerprint density at radius 3 is 2.95 bits per heavy atom. The highest BCUT2D eigenvalue weighted by Crippen LogP contribution is 2.24. The van der Waals surface area contributed by atoms with Gasteiger partial charge in [-0.25, -0.2) is 4.98 Å². The maximum atomic E-state index is 4.71. The molecular weight excluding hydrogens is 266 g/mol. The van der Waals surface area contributed by atoms with Gasteiger partial charge in [-0.1, -0.05) is 37.3 Å². The fourth-order valence-electron chi connectivity index (χ4n) is 2.73. The molecule has 1 atom stereocenters. The van der Waals surface area contributed by atoms with Crippen molar-refractivity contribution in [2.75, 3.05) is 19.6 Å². The lowest BCUT2D eigenvalue weighted by atomic mass is 10.0. The Balaban J connectivity index is 1.75. The van der Waals surface area contributed by atoms with Gasteiger partial charge in [0.05, 0.1) is 10.7 Å². The second kappa shape index (κ2) is 6.48. The average Bonchev–Trinajstić information content (AvgIpc) is 2.96. The third kappa shape index (κ3) is 3.08. The first-order valence-electron chi connectivity index (χ1n) is 7.30. The Bertz CT molecular complexity index is 538. The molecule has 1 saturated heterocycles.